The Morgan fingerprint density at radius 1 is 1.14 bits per heavy atom. The van der Waals surface area contributed by atoms with Gasteiger partial charge in [-0.25, -0.2) is 4.79 Å². The van der Waals surface area contributed by atoms with Gasteiger partial charge in [-0.2, -0.15) is 0 Å². The second-order valence-electron chi connectivity index (χ2n) is 6.56. The summed E-state index contributed by atoms with van der Waals surface area (Å²) in [6, 6.07) is 0. The minimum Gasteiger partial charge on any atom is -0.464 e. The summed E-state index contributed by atoms with van der Waals surface area (Å²) >= 11 is 0. The first-order chi connectivity index (χ1) is 9.35. The first-order valence-corrected chi connectivity index (χ1v) is 10.00. The van der Waals surface area contributed by atoms with Gasteiger partial charge in [0.2, 0.25) is 0 Å². The van der Waals surface area contributed by atoms with Crippen molar-refractivity contribution in [1.82, 2.24) is 0 Å². The van der Waals surface area contributed by atoms with Crippen LogP contribution >= 0.6 is 0 Å². The van der Waals surface area contributed by atoms with Gasteiger partial charge in [0.25, 0.3) is 0 Å². The Bertz CT molecular complexity index is 374. The molecular weight excluding hydrogens is 292 g/mol. The molecule has 0 aromatic carbocycles. The van der Waals surface area contributed by atoms with Gasteiger partial charge in [-0.1, -0.05) is 20.8 Å². The van der Waals surface area contributed by atoms with E-state index in [1.54, 1.807) is 6.92 Å². The van der Waals surface area contributed by atoms with Crippen molar-refractivity contribution in [3.8, 4) is 0 Å². The number of Topliss-reactive ketones (excluding diaryl/α,β-unsaturated/α-hetero) is 1. The molecule has 0 heterocycles. The first kappa shape index (κ1) is 20.2. The van der Waals surface area contributed by atoms with Gasteiger partial charge in [0.1, 0.15) is 6.10 Å². The van der Waals surface area contributed by atoms with Gasteiger partial charge in [-0.15, -0.1) is 0 Å². The predicted octanol–water partition coefficient (Wildman–Crippen LogP) is 1.25. The molecule has 0 aromatic heterocycles. The monoisotopic (exact) mass is 320 g/mol. The van der Waals surface area contributed by atoms with Gasteiger partial charge in [0.15, 0.2) is 26.3 Å². The third-order valence-electron chi connectivity index (χ3n) is 3.80. The van der Waals surface area contributed by atoms with Crippen LogP contribution in [-0.4, -0.2) is 55.2 Å². The summed E-state index contributed by atoms with van der Waals surface area (Å²) in [4.78, 5) is 23.4. The number of carbonyl (C=O) groups excluding carboxylic acids is 2. The van der Waals surface area contributed by atoms with Crippen LogP contribution in [0, 0.1) is 0 Å². The average molecular weight is 320 g/mol. The number of ether oxygens (including phenoxy) is 1. The highest BCUT2D eigenvalue weighted by molar-refractivity contribution is 6.74. The molecule has 0 amide bonds. The van der Waals surface area contributed by atoms with E-state index in [4.69, 9.17) is 4.43 Å². The van der Waals surface area contributed by atoms with E-state index < -0.39 is 38.4 Å². The van der Waals surface area contributed by atoms with Crippen molar-refractivity contribution < 1.29 is 29.0 Å². The number of aliphatic hydroxyl groups is 2. The van der Waals surface area contributed by atoms with Crippen molar-refractivity contribution in [2.24, 2.45) is 0 Å². The van der Waals surface area contributed by atoms with Gasteiger partial charge >= 0.3 is 5.97 Å². The normalized spacial score (nSPS) is 17.0. The molecule has 0 saturated carbocycles. The smallest absolute Gasteiger partial charge is 0.338 e. The summed E-state index contributed by atoms with van der Waals surface area (Å²) in [6.45, 7) is 13.2. The molecule has 21 heavy (non-hydrogen) atoms. The summed E-state index contributed by atoms with van der Waals surface area (Å²) in [5.74, 6) is -1.74. The van der Waals surface area contributed by atoms with E-state index >= 15 is 0 Å². The van der Waals surface area contributed by atoms with Crippen molar-refractivity contribution >= 4 is 20.1 Å². The lowest BCUT2D eigenvalue weighted by atomic mass is 10.1. The summed E-state index contributed by atoms with van der Waals surface area (Å²) < 4.78 is 10.4. The Morgan fingerprint density at radius 3 is 2.00 bits per heavy atom. The number of aliphatic hydroxyl groups excluding tert-OH is 2. The quantitative estimate of drug-likeness (QED) is 0.542. The molecule has 0 fully saturated rings. The summed E-state index contributed by atoms with van der Waals surface area (Å²) in [5, 5.41) is 19.3. The van der Waals surface area contributed by atoms with Crippen molar-refractivity contribution in [2.75, 3.05) is 6.61 Å². The molecule has 7 heteroatoms. The lowest BCUT2D eigenvalue weighted by molar-refractivity contribution is -0.164. The van der Waals surface area contributed by atoms with Gasteiger partial charge in [-0.05, 0) is 32.0 Å². The van der Waals surface area contributed by atoms with Gasteiger partial charge in [0.05, 0.1) is 6.61 Å². The minimum absolute atomic E-state index is 0.0623. The van der Waals surface area contributed by atoms with E-state index in [-0.39, 0.29) is 11.6 Å². The Balaban J connectivity index is 4.82. The van der Waals surface area contributed by atoms with Crippen LogP contribution in [0.3, 0.4) is 0 Å². The van der Waals surface area contributed by atoms with Crippen LogP contribution < -0.4 is 0 Å². The Morgan fingerprint density at radius 2 is 1.62 bits per heavy atom. The fraction of sp³-hybridized carbons (Fsp3) is 0.857. The second kappa shape index (κ2) is 7.48. The molecule has 0 aromatic rings. The van der Waals surface area contributed by atoms with E-state index in [9.17, 15) is 19.8 Å². The third kappa shape index (κ3) is 5.50. The van der Waals surface area contributed by atoms with Crippen LogP contribution in [0.5, 0.6) is 0 Å². The van der Waals surface area contributed by atoms with Crippen LogP contribution in [0.4, 0.5) is 0 Å². The Kier molecular flexibility index (Phi) is 7.21. The molecule has 3 atom stereocenters. The van der Waals surface area contributed by atoms with E-state index in [0.717, 1.165) is 0 Å². The lowest BCUT2D eigenvalue weighted by Gasteiger charge is -2.38. The SMILES string of the molecule is CCOC(=O)[C@@H](O)[C@H](O)C(=O)[C@H](C)O[Si](C)(C)C(C)(C)C. The summed E-state index contributed by atoms with van der Waals surface area (Å²) in [7, 11) is -2.18. The Hall–Kier alpha value is -0.763. The van der Waals surface area contributed by atoms with Crippen molar-refractivity contribution in [3.05, 3.63) is 0 Å². The van der Waals surface area contributed by atoms with E-state index in [1.165, 1.54) is 6.92 Å². The number of hydrogen-bond donors (Lipinski definition) is 2. The molecule has 0 saturated heterocycles. The van der Waals surface area contributed by atoms with E-state index in [0.29, 0.717) is 0 Å². The predicted molar refractivity (Wildman–Crippen MR) is 81.4 cm³/mol. The number of esters is 1. The fourth-order valence-corrected chi connectivity index (χ4v) is 2.78. The zero-order valence-electron chi connectivity index (χ0n) is 14.0. The molecule has 0 unspecified atom stereocenters. The van der Waals surface area contributed by atoms with Crippen LogP contribution in [-0.2, 0) is 18.8 Å². The second-order valence-corrected chi connectivity index (χ2v) is 11.3. The van der Waals surface area contributed by atoms with Crippen LogP contribution in [0.1, 0.15) is 34.6 Å². The highest BCUT2D eigenvalue weighted by atomic mass is 28.4. The number of carbonyl (C=O) groups is 2. The molecule has 2 N–H and O–H groups in total. The molecule has 0 radical (unpaired) electrons. The van der Waals surface area contributed by atoms with Gasteiger partial charge in [0, 0.05) is 0 Å². The fourth-order valence-electron chi connectivity index (χ4n) is 1.43. The summed E-state index contributed by atoms with van der Waals surface area (Å²) in [5.41, 5.74) is 0. The molecular formula is C14H28O6Si. The highest BCUT2D eigenvalue weighted by Gasteiger charge is 2.42. The van der Waals surface area contributed by atoms with E-state index in [1.807, 2.05) is 33.9 Å². The largest absolute Gasteiger partial charge is 0.464 e. The van der Waals surface area contributed by atoms with E-state index in [2.05, 4.69) is 4.74 Å². The van der Waals surface area contributed by atoms with Crippen LogP contribution in [0.25, 0.3) is 0 Å². The first-order valence-electron chi connectivity index (χ1n) is 7.09. The zero-order chi connectivity index (χ0) is 17.0. The highest BCUT2D eigenvalue weighted by Crippen LogP contribution is 2.37. The third-order valence-corrected chi connectivity index (χ3v) is 8.35. The number of rotatable bonds is 7. The number of hydrogen-bond acceptors (Lipinski definition) is 6. The van der Waals surface area contributed by atoms with Crippen molar-refractivity contribution in [3.63, 3.8) is 0 Å². The average Bonchev–Trinajstić information content (AvgIpc) is 2.34. The molecule has 124 valence electrons. The van der Waals surface area contributed by atoms with Crippen LogP contribution in [0.15, 0.2) is 0 Å². The molecule has 0 aliphatic carbocycles. The van der Waals surface area contributed by atoms with Crippen LogP contribution in [0.2, 0.25) is 18.1 Å². The minimum atomic E-state index is -2.18. The lowest BCUT2D eigenvalue weighted by Crippen LogP contribution is -2.50. The number of ketones is 1. The zero-order valence-corrected chi connectivity index (χ0v) is 15.0. The molecule has 6 nitrogen and oxygen atoms in total. The van der Waals surface area contributed by atoms with Gasteiger partial charge in [-0.3, -0.25) is 4.79 Å². The molecule has 0 spiro atoms. The molecule has 0 aliphatic rings. The van der Waals surface area contributed by atoms with Gasteiger partial charge < -0.3 is 19.4 Å². The maximum Gasteiger partial charge on any atom is 0.338 e. The molecule has 0 rings (SSSR count). The molecule has 0 bridgehead atoms. The maximum absolute atomic E-state index is 12.1. The topological polar surface area (TPSA) is 93.1 Å². The van der Waals surface area contributed by atoms with Crippen molar-refractivity contribution in [2.45, 2.75) is 71.1 Å². The standard InChI is InChI=1S/C14H28O6Si/c1-8-19-13(18)12(17)11(16)10(15)9(2)20-21(6,7)14(3,4)5/h9,11-12,16-17H,8H2,1-7H3/t9-,11+,12-/m0/s1. The maximum atomic E-state index is 12.1. The Labute approximate surface area is 127 Å². The van der Waals surface area contributed by atoms with Crippen molar-refractivity contribution in [1.29, 1.82) is 0 Å². The summed E-state index contributed by atoms with van der Waals surface area (Å²) in [6.07, 6.45) is -4.63. The molecule has 0 aliphatic heterocycles.